The number of amides is 1. The predicted octanol–water partition coefficient (Wildman–Crippen LogP) is 0.715. The second-order valence-electron chi connectivity index (χ2n) is 2.64. The summed E-state index contributed by atoms with van der Waals surface area (Å²) >= 11 is 5.27. The Balaban J connectivity index is 0. The molecule has 3 nitrogen and oxygen atoms in total. The second kappa shape index (κ2) is 9.10. The largest absolute Gasteiger partial charge is 0.355 e. The molecule has 0 atom stereocenters. The van der Waals surface area contributed by atoms with Crippen molar-refractivity contribution < 1.29 is 4.79 Å². The Morgan fingerprint density at radius 1 is 1.50 bits per heavy atom. The van der Waals surface area contributed by atoms with Crippen molar-refractivity contribution in [3.8, 4) is 0 Å². The summed E-state index contributed by atoms with van der Waals surface area (Å²) in [5, 5.41) is 2.69. The maximum absolute atomic E-state index is 10.6. The highest BCUT2D eigenvalue weighted by atomic mass is 35.5. The van der Waals surface area contributed by atoms with E-state index in [4.69, 9.17) is 11.6 Å². The first-order valence-corrected chi connectivity index (χ1v) is 4.17. The maximum atomic E-state index is 10.6. The third kappa shape index (κ3) is 10.0. The predicted molar refractivity (Wildman–Crippen MR) is 54.1 cm³/mol. The van der Waals surface area contributed by atoms with Gasteiger partial charge in [-0.15, -0.1) is 24.0 Å². The number of hydrogen-bond acceptors (Lipinski definition) is 2. The van der Waals surface area contributed by atoms with Gasteiger partial charge in [-0.25, -0.2) is 0 Å². The van der Waals surface area contributed by atoms with Crippen LogP contribution in [0.25, 0.3) is 0 Å². The zero-order valence-electron chi connectivity index (χ0n) is 7.47. The van der Waals surface area contributed by atoms with E-state index in [0.717, 1.165) is 13.0 Å². The van der Waals surface area contributed by atoms with Crippen LogP contribution < -0.4 is 5.32 Å². The summed E-state index contributed by atoms with van der Waals surface area (Å²) in [6.45, 7) is 1.70. The SMILES string of the molecule is CN(C)CCCNC(=O)CCl.Cl. The van der Waals surface area contributed by atoms with Crippen molar-refractivity contribution in [2.45, 2.75) is 6.42 Å². The summed E-state index contributed by atoms with van der Waals surface area (Å²) in [5.41, 5.74) is 0. The molecule has 0 unspecified atom stereocenters. The fraction of sp³-hybridized carbons (Fsp3) is 0.857. The van der Waals surface area contributed by atoms with Gasteiger partial charge in [0.2, 0.25) is 5.91 Å². The van der Waals surface area contributed by atoms with Crippen LogP contribution in [-0.2, 0) is 4.79 Å². The van der Waals surface area contributed by atoms with E-state index >= 15 is 0 Å². The van der Waals surface area contributed by atoms with E-state index in [-0.39, 0.29) is 24.2 Å². The average Bonchev–Trinajstić information content (AvgIpc) is 1.97. The van der Waals surface area contributed by atoms with Gasteiger partial charge in [0, 0.05) is 6.54 Å². The van der Waals surface area contributed by atoms with Crippen molar-refractivity contribution in [3.63, 3.8) is 0 Å². The molecule has 0 radical (unpaired) electrons. The fourth-order valence-electron chi connectivity index (χ4n) is 0.670. The van der Waals surface area contributed by atoms with Crippen LogP contribution in [0.5, 0.6) is 0 Å². The molecule has 12 heavy (non-hydrogen) atoms. The third-order valence-corrected chi connectivity index (χ3v) is 1.47. The molecule has 0 saturated carbocycles. The van der Waals surface area contributed by atoms with E-state index in [0.29, 0.717) is 6.54 Å². The molecular formula is C7H16Cl2N2O. The molecule has 0 aromatic heterocycles. The summed E-state index contributed by atoms with van der Waals surface area (Å²) in [4.78, 5) is 12.7. The Bertz CT molecular complexity index is 120. The summed E-state index contributed by atoms with van der Waals surface area (Å²) in [6, 6.07) is 0. The standard InChI is InChI=1S/C7H15ClN2O.ClH/c1-10(2)5-3-4-9-7(11)6-8;/h3-6H2,1-2H3,(H,9,11);1H. The molecule has 0 saturated heterocycles. The van der Waals surface area contributed by atoms with Crippen molar-refractivity contribution >= 4 is 29.9 Å². The molecule has 0 heterocycles. The minimum atomic E-state index is -0.0922. The minimum absolute atomic E-state index is 0. The molecule has 0 aliphatic rings. The first-order valence-electron chi connectivity index (χ1n) is 3.64. The fourth-order valence-corrected chi connectivity index (χ4v) is 0.765. The topological polar surface area (TPSA) is 32.3 Å². The van der Waals surface area contributed by atoms with Gasteiger partial charge in [0.15, 0.2) is 0 Å². The Kier molecular flexibility index (Phi) is 11.0. The lowest BCUT2D eigenvalue weighted by Crippen LogP contribution is -2.27. The van der Waals surface area contributed by atoms with Gasteiger partial charge in [-0.05, 0) is 27.1 Å². The number of carbonyl (C=O) groups excluding carboxylic acids is 1. The van der Waals surface area contributed by atoms with Gasteiger partial charge in [-0.3, -0.25) is 4.79 Å². The molecule has 0 bridgehead atoms. The van der Waals surface area contributed by atoms with E-state index in [1.807, 2.05) is 14.1 Å². The van der Waals surface area contributed by atoms with Crippen LogP contribution in [0, 0.1) is 0 Å². The lowest BCUT2D eigenvalue weighted by Gasteiger charge is -2.08. The summed E-state index contributed by atoms with van der Waals surface area (Å²) in [7, 11) is 4.01. The molecule has 0 aliphatic heterocycles. The molecule has 1 N–H and O–H groups in total. The van der Waals surface area contributed by atoms with Crippen LogP contribution in [0.1, 0.15) is 6.42 Å². The number of halogens is 2. The first-order chi connectivity index (χ1) is 5.16. The molecule has 74 valence electrons. The van der Waals surface area contributed by atoms with Crippen LogP contribution in [0.2, 0.25) is 0 Å². The summed E-state index contributed by atoms with van der Waals surface area (Å²) < 4.78 is 0. The van der Waals surface area contributed by atoms with E-state index in [1.165, 1.54) is 0 Å². The van der Waals surface area contributed by atoms with Crippen molar-refractivity contribution in [1.29, 1.82) is 0 Å². The Morgan fingerprint density at radius 2 is 2.08 bits per heavy atom. The molecule has 5 heteroatoms. The van der Waals surface area contributed by atoms with Crippen molar-refractivity contribution in [2.75, 3.05) is 33.1 Å². The molecule has 0 aliphatic carbocycles. The average molecular weight is 215 g/mol. The summed E-state index contributed by atoms with van der Waals surface area (Å²) in [6.07, 6.45) is 0.968. The Hall–Kier alpha value is 0.01000. The summed E-state index contributed by atoms with van der Waals surface area (Å²) in [5.74, 6) is -0.0347. The van der Waals surface area contributed by atoms with E-state index < -0.39 is 0 Å². The smallest absolute Gasteiger partial charge is 0.234 e. The Morgan fingerprint density at radius 3 is 2.50 bits per heavy atom. The Labute approximate surface area is 84.9 Å². The number of nitrogens with zero attached hydrogens (tertiary/aromatic N) is 1. The van der Waals surface area contributed by atoms with Gasteiger partial charge in [-0.1, -0.05) is 0 Å². The van der Waals surface area contributed by atoms with Crippen LogP contribution in [0.4, 0.5) is 0 Å². The molecular weight excluding hydrogens is 199 g/mol. The lowest BCUT2D eigenvalue weighted by atomic mass is 10.4. The van der Waals surface area contributed by atoms with Crippen molar-refractivity contribution in [1.82, 2.24) is 10.2 Å². The van der Waals surface area contributed by atoms with Crippen molar-refractivity contribution in [3.05, 3.63) is 0 Å². The number of carbonyl (C=O) groups is 1. The number of nitrogens with one attached hydrogen (secondary N) is 1. The van der Waals surface area contributed by atoms with Crippen LogP contribution in [0.15, 0.2) is 0 Å². The van der Waals surface area contributed by atoms with Gasteiger partial charge in [0.1, 0.15) is 5.88 Å². The van der Waals surface area contributed by atoms with Crippen LogP contribution >= 0.6 is 24.0 Å². The molecule has 0 aromatic rings. The van der Waals surface area contributed by atoms with Crippen LogP contribution in [0.3, 0.4) is 0 Å². The highest BCUT2D eigenvalue weighted by Gasteiger charge is 1.96. The molecule has 0 spiro atoms. The normalized spacial score (nSPS) is 9.33. The zero-order chi connectivity index (χ0) is 8.69. The minimum Gasteiger partial charge on any atom is -0.355 e. The maximum Gasteiger partial charge on any atom is 0.234 e. The molecule has 1 amide bonds. The second-order valence-corrected chi connectivity index (χ2v) is 2.91. The van der Waals surface area contributed by atoms with Gasteiger partial charge in [0.25, 0.3) is 0 Å². The van der Waals surface area contributed by atoms with Gasteiger partial charge >= 0.3 is 0 Å². The number of rotatable bonds is 5. The van der Waals surface area contributed by atoms with Gasteiger partial charge in [0.05, 0.1) is 0 Å². The van der Waals surface area contributed by atoms with Crippen molar-refractivity contribution in [2.24, 2.45) is 0 Å². The zero-order valence-corrected chi connectivity index (χ0v) is 9.04. The highest BCUT2D eigenvalue weighted by molar-refractivity contribution is 6.27. The number of hydrogen-bond donors (Lipinski definition) is 1. The lowest BCUT2D eigenvalue weighted by molar-refractivity contribution is -0.118. The number of alkyl halides is 1. The quantitative estimate of drug-likeness (QED) is 0.541. The first kappa shape index (κ1) is 14.5. The molecule has 0 fully saturated rings. The van der Waals surface area contributed by atoms with Gasteiger partial charge in [-0.2, -0.15) is 0 Å². The van der Waals surface area contributed by atoms with E-state index in [9.17, 15) is 4.79 Å². The highest BCUT2D eigenvalue weighted by Crippen LogP contribution is 1.81. The monoisotopic (exact) mass is 214 g/mol. The van der Waals surface area contributed by atoms with Crippen LogP contribution in [-0.4, -0.2) is 43.9 Å². The van der Waals surface area contributed by atoms with E-state index in [1.54, 1.807) is 0 Å². The molecule has 0 rings (SSSR count). The third-order valence-electron chi connectivity index (χ3n) is 1.23. The molecule has 0 aromatic carbocycles. The van der Waals surface area contributed by atoms with Gasteiger partial charge < -0.3 is 10.2 Å². The van der Waals surface area contributed by atoms with E-state index in [2.05, 4.69) is 10.2 Å².